The Morgan fingerprint density at radius 2 is 1.97 bits per heavy atom. The summed E-state index contributed by atoms with van der Waals surface area (Å²) in [5.41, 5.74) is 0.848. The van der Waals surface area contributed by atoms with Gasteiger partial charge in [-0.3, -0.25) is 14.6 Å². The van der Waals surface area contributed by atoms with Crippen LogP contribution >= 0.6 is 0 Å². The summed E-state index contributed by atoms with van der Waals surface area (Å²) in [6.45, 7) is 1.84. The van der Waals surface area contributed by atoms with Gasteiger partial charge < -0.3 is 24.3 Å². The van der Waals surface area contributed by atoms with Gasteiger partial charge in [-0.15, -0.1) is 0 Å². The number of carbonyl (C=O) groups is 2. The number of rotatable bonds is 5. The number of hydrogen-bond donors (Lipinski definition) is 1. The van der Waals surface area contributed by atoms with Gasteiger partial charge in [0.25, 0.3) is 11.8 Å². The molecule has 9 nitrogen and oxygen atoms in total. The fourth-order valence-electron chi connectivity index (χ4n) is 4.66. The second kappa shape index (κ2) is 9.26. The highest BCUT2D eigenvalue weighted by atomic mass is 16.5. The number of ether oxygens (including phenoxy) is 2. The summed E-state index contributed by atoms with van der Waals surface area (Å²) in [5.74, 6) is 1.38. The minimum absolute atomic E-state index is 0.0455. The molecule has 34 heavy (non-hydrogen) atoms. The predicted octanol–water partition coefficient (Wildman–Crippen LogP) is 2.13. The molecule has 0 aliphatic carbocycles. The summed E-state index contributed by atoms with van der Waals surface area (Å²) < 4.78 is 13.6. The van der Waals surface area contributed by atoms with Crippen LogP contribution in [0.2, 0.25) is 0 Å². The average Bonchev–Trinajstić information content (AvgIpc) is 3.38. The van der Waals surface area contributed by atoms with E-state index in [1.165, 1.54) is 0 Å². The summed E-state index contributed by atoms with van der Waals surface area (Å²) in [6.07, 6.45) is 7.36. The van der Waals surface area contributed by atoms with Crippen molar-refractivity contribution in [3.05, 3.63) is 78.1 Å². The van der Waals surface area contributed by atoms with Gasteiger partial charge in [0.15, 0.2) is 6.10 Å². The molecule has 2 aromatic heterocycles. The largest absolute Gasteiger partial charge is 0.497 e. The third-order valence-corrected chi connectivity index (χ3v) is 6.54. The quantitative estimate of drug-likeness (QED) is 0.625. The van der Waals surface area contributed by atoms with Gasteiger partial charge in [0.1, 0.15) is 17.2 Å². The maximum atomic E-state index is 13.0. The number of hydrogen-bond acceptors (Lipinski definition) is 6. The summed E-state index contributed by atoms with van der Waals surface area (Å²) in [7, 11) is 1.62. The van der Waals surface area contributed by atoms with Crippen LogP contribution in [0.4, 0.5) is 0 Å². The Kier molecular flexibility index (Phi) is 6.02. The van der Waals surface area contributed by atoms with Gasteiger partial charge >= 0.3 is 0 Å². The molecule has 1 aromatic carbocycles. The van der Waals surface area contributed by atoms with Crippen molar-refractivity contribution >= 4 is 11.8 Å². The Morgan fingerprint density at radius 3 is 2.68 bits per heavy atom. The van der Waals surface area contributed by atoms with E-state index in [1.807, 2.05) is 39.9 Å². The topological polar surface area (TPSA) is 98.6 Å². The number of pyridine rings is 1. The molecule has 1 N–H and O–H groups in total. The van der Waals surface area contributed by atoms with Crippen molar-refractivity contribution in [2.45, 2.75) is 37.6 Å². The standard InChI is InChI=1S/C25H27N5O4/c1-33-20-6-4-18(5-7-20)15-28-22(31)21-17-30-14-11-27-24(30)25(34-21)8-12-29(13-9-25)23(32)19-3-2-10-26-16-19/h2-7,10-11,14,16,21H,8-9,12-13,15,17H2,1H3,(H,28,31). The molecule has 1 saturated heterocycles. The minimum Gasteiger partial charge on any atom is -0.497 e. The first kappa shape index (κ1) is 22.1. The monoisotopic (exact) mass is 461 g/mol. The molecule has 5 rings (SSSR count). The molecule has 1 unspecified atom stereocenters. The van der Waals surface area contributed by atoms with E-state index in [1.54, 1.807) is 37.8 Å². The van der Waals surface area contributed by atoms with Gasteiger partial charge in [0, 0.05) is 57.3 Å². The van der Waals surface area contributed by atoms with E-state index in [9.17, 15) is 9.59 Å². The highest BCUT2D eigenvalue weighted by Gasteiger charge is 2.47. The van der Waals surface area contributed by atoms with Crippen molar-refractivity contribution in [1.29, 1.82) is 0 Å². The second-order valence-electron chi connectivity index (χ2n) is 8.60. The van der Waals surface area contributed by atoms with Gasteiger partial charge in [-0.05, 0) is 29.8 Å². The maximum absolute atomic E-state index is 13.0. The molecule has 176 valence electrons. The van der Waals surface area contributed by atoms with Crippen LogP contribution < -0.4 is 10.1 Å². The molecule has 0 bridgehead atoms. The summed E-state index contributed by atoms with van der Waals surface area (Å²) in [6, 6.07) is 11.1. The van der Waals surface area contributed by atoms with E-state index in [-0.39, 0.29) is 11.8 Å². The van der Waals surface area contributed by atoms with Crippen LogP contribution in [0.1, 0.15) is 34.6 Å². The predicted molar refractivity (Wildman–Crippen MR) is 123 cm³/mol. The highest BCUT2D eigenvalue weighted by Crippen LogP contribution is 2.40. The first-order chi connectivity index (χ1) is 16.6. The zero-order valence-corrected chi connectivity index (χ0v) is 19.0. The van der Waals surface area contributed by atoms with Crippen LogP contribution in [0.25, 0.3) is 0 Å². The summed E-state index contributed by atoms with van der Waals surface area (Å²) in [5, 5.41) is 2.99. The molecule has 0 saturated carbocycles. The molecular formula is C25H27N5O4. The fraction of sp³-hybridized carbons (Fsp3) is 0.360. The van der Waals surface area contributed by atoms with E-state index in [0.717, 1.165) is 17.1 Å². The van der Waals surface area contributed by atoms with E-state index in [2.05, 4.69) is 15.3 Å². The second-order valence-corrected chi connectivity index (χ2v) is 8.60. The lowest BCUT2D eigenvalue weighted by Crippen LogP contribution is -2.54. The molecule has 1 spiro atoms. The number of aromatic nitrogens is 3. The Balaban J connectivity index is 1.26. The van der Waals surface area contributed by atoms with E-state index < -0.39 is 11.7 Å². The van der Waals surface area contributed by atoms with Crippen LogP contribution in [0.3, 0.4) is 0 Å². The Labute approximate surface area is 197 Å². The van der Waals surface area contributed by atoms with Crippen molar-refractivity contribution < 1.29 is 19.1 Å². The lowest BCUT2D eigenvalue weighted by Gasteiger charge is -2.45. The van der Waals surface area contributed by atoms with Crippen LogP contribution in [0.5, 0.6) is 5.75 Å². The smallest absolute Gasteiger partial charge is 0.255 e. The molecule has 1 atom stereocenters. The number of nitrogens with zero attached hydrogens (tertiary/aromatic N) is 4. The highest BCUT2D eigenvalue weighted by molar-refractivity contribution is 5.94. The third kappa shape index (κ3) is 4.26. The molecule has 2 amide bonds. The number of imidazole rings is 1. The molecule has 3 aromatic rings. The average molecular weight is 462 g/mol. The fourth-order valence-corrected chi connectivity index (χ4v) is 4.66. The van der Waals surface area contributed by atoms with E-state index in [4.69, 9.17) is 9.47 Å². The van der Waals surface area contributed by atoms with Crippen LogP contribution in [-0.4, -0.2) is 57.6 Å². The van der Waals surface area contributed by atoms with Gasteiger partial charge in [-0.2, -0.15) is 0 Å². The summed E-state index contributed by atoms with van der Waals surface area (Å²) >= 11 is 0. The summed E-state index contributed by atoms with van der Waals surface area (Å²) in [4.78, 5) is 36.3. The maximum Gasteiger partial charge on any atom is 0.255 e. The molecular weight excluding hydrogens is 434 g/mol. The van der Waals surface area contributed by atoms with Gasteiger partial charge in [-0.1, -0.05) is 12.1 Å². The number of amides is 2. The number of fused-ring (bicyclic) bond motifs is 2. The zero-order valence-electron chi connectivity index (χ0n) is 19.0. The Morgan fingerprint density at radius 1 is 1.18 bits per heavy atom. The van der Waals surface area contributed by atoms with Crippen molar-refractivity contribution in [2.24, 2.45) is 0 Å². The number of carbonyl (C=O) groups excluding carboxylic acids is 2. The first-order valence-electron chi connectivity index (χ1n) is 11.4. The van der Waals surface area contributed by atoms with Crippen molar-refractivity contribution in [3.8, 4) is 5.75 Å². The van der Waals surface area contributed by atoms with E-state index in [0.29, 0.717) is 44.6 Å². The lowest BCUT2D eigenvalue weighted by atomic mass is 9.88. The SMILES string of the molecule is COc1ccc(CNC(=O)C2Cn3ccnc3C3(CCN(C(=O)c4cccnc4)CC3)O2)cc1. The molecule has 1 fully saturated rings. The Bertz CT molecular complexity index is 1150. The lowest BCUT2D eigenvalue weighted by molar-refractivity contribution is -0.172. The normalized spacial score (nSPS) is 18.9. The number of likely N-dealkylation sites (tertiary alicyclic amines) is 1. The molecule has 0 radical (unpaired) electrons. The van der Waals surface area contributed by atoms with Crippen LogP contribution in [0, 0.1) is 0 Å². The van der Waals surface area contributed by atoms with Gasteiger partial charge in [-0.25, -0.2) is 4.98 Å². The first-order valence-corrected chi connectivity index (χ1v) is 11.4. The molecule has 2 aliphatic rings. The van der Waals surface area contributed by atoms with Crippen LogP contribution in [0.15, 0.2) is 61.2 Å². The molecule has 2 aliphatic heterocycles. The number of piperidine rings is 1. The number of methoxy groups -OCH3 is 1. The van der Waals surface area contributed by atoms with Crippen LogP contribution in [-0.2, 0) is 28.2 Å². The Hall–Kier alpha value is -3.72. The minimum atomic E-state index is -0.699. The number of benzene rings is 1. The van der Waals surface area contributed by atoms with Gasteiger partial charge in [0.05, 0.1) is 19.2 Å². The molecule has 9 heteroatoms. The van der Waals surface area contributed by atoms with Crippen molar-refractivity contribution in [3.63, 3.8) is 0 Å². The number of nitrogens with one attached hydrogen (secondary N) is 1. The van der Waals surface area contributed by atoms with Crippen molar-refractivity contribution in [1.82, 2.24) is 24.8 Å². The van der Waals surface area contributed by atoms with Crippen molar-refractivity contribution in [2.75, 3.05) is 20.2 Å². The van der Waals surface area contributed by atoms with Gasteiger partial charge in [0.2, 0.25) is 0 Å². The van der Waals surface area contributed by atoms with E-state index >= 15 is 0 Å². The third-order valence-electron chi connectivity index (χ3n) is 6.54. The zero-order chi connectivity index (χ0) is 23.5. The molecule has 4 heterocycles.